The first-order valence-electron chi connectivity index (χ1n) is 6.81. The van der Waals surface area contributed by atoms with Crippen molar-refractivity contribution in [2.45, 2.75) is 45.6 Å². The van der Waals surface area contributed by atoms with Crippen molar-refractivity contribution in [3.63, 3.8) is 0 Å². The van der Waals surface area contributed by atoms with Crippen molar-refractivity contribution >= 4 is 0 Å². The molecule has 108 valence electrons. The third-order valence-electron chi connectivity index (χ3n) is 3.22. The van der Waals surface area contributed by atoms with Gasteiger partial charge in [-0.25, -0.2) is 8.78 Å². The largest absolute Gasteiger partial charge is 0.375 e. The Kier molecular flexibility index (Phi) is 6.95. The van der Waals surface area contributed by atoms with Gasteiger partial charge in [-0.05, 0) is 36.0 Å². The van der Waals surface area contributed by atoms with Crippen LogP contribution in [0.4, 0.5) is 8.78 Å². The molecule has 1 aromatic carbocycles. The lowest BCUT2D eigenvalue weighted by atomic mass is 9.94. The summed E-state index contributed by atoms with van der Waals surface area (Å²) in [7, 11) is 0. The molecule has 0 bridgehead atoms. The summed E-state index contributed by atoms with van der Waals surface area (Å²) in [6, 6.07) is 6.19. The summed E-state index contributed by atoms with van der Waals surface area (Å²) in [5, 5.41) is 0. The van der Waals surface area contributed by atoms with Crippen LogP contribution in [0.5, 0.6) is 0 Å². The van der Waals surface area contributed by atoms with Crippen LogP contribution in [0.3, 0.4) is 0 Å². The van der Waals surface area contributed by atoms with Crippen LogP contribution in [0.2, 0.25) is 0 Å². The molecule has 0 aliphatic heterocycles. The van der Waals surface area contributed by atoms with Gasteiger partial charge in [0.2, 0.25) is 0 Å². The zero-order valence-electron chi connectivity index (χ0n) is 11.7. The topological polar surface area (TPSA) is 35.2 Å². The zero-order chi connectivity index (χ0) is 14.3. The Morgan fingerprint density at radius 3 is 2.53 bits per heavy atom. The van der Waals surface area contributed by atoms with Gasteiger partial charge in [-0.1, -0.05) is 32.0 Å². The second-order valence-electron chi connectivity index (χ2n) is 4.60. The molecule has 0 aliphatic carbocycles. The smallest absolute Gasteiger partial charge is 0.261 e. The Labute approximate surface area is 114 Å². The number of ether oxygens (including phenoxy) is 1. The molecule has 1 atom stereocenters. The van der Waals surface area contributed by atoms with Crippen LogP contribution >= 0.6 is 0 Å². The van der Waals surface area contributed by atoms with E-state index in [9.17, 15) is 8.78 Å². The molecule has 1 aromatic rings. The standard InChI is InChI=1S/C15H23F2NO/c1-3-11-5-6-12(4-2)13(9-11)14(18)7-8-19-10-15(16)17/h5-6,9,14-15H,3-4,7-8,10,18H2,1-2H3. The molecule has 0 fully saturated rings. The van der Waals surface area contributed by atoms with Gasteiger partial charge >= 0.3 is 0 Å². The molecule has 1 rings (SSSR count). The minimum absolute atomic E-state index is 0.154. The number of alkyl halides is 2. The van der Waals surface area contributed by atoms with Gasteiger partial charge in [-0.15, -0.1) is 0 Å². The van der Waals surface area contributed by atoms with E-state index in [0.29, 0.717) is 6.42 Å². The van der Waals surface area contributed by atoms with Crippen molar-refractivity contribution in [1.29, 1.82) is 0 Å². The van der Waals surface area contributed by atoms with Crippen LogP contribution in [0.15, 0.2) is 18.2 Å². The van der Waals surface area contributed by atoms with E-state index in [1.54, 1.807) is 0 Å². The number of nitrogens with two attached hydrogens (primary N) is 1. The average Bonchev–Trinajstić information content (AvgIpc) is 2.42. The fourth-order valence-electron chi connectivity index (χ4n) is 2.07. The molecular formula is C15H23F2NO. The average molecular weight is 271 g/mol. The highest BCUT2D eigenvalue weighted by atomic mass is 19.3. The quantitative estimate of drug-likeness (QED) is 0.735. The Bertz CT molecular complexity index is 382. The van der Waals surface area contributed by atoms with Gasteiger partial charge in [0.1, 0.15) is 6.61 Å². The molecule has 0 aromatic heterocycles. The molecule has 0 heterocycles. The number of halogens is 2. The first-order valence-corrected chi connectivity index (χ1v) is 6.81. The minimum atomic E-state index is -2.41. The zero-order valence-corrected chi connectivity index (χ0v) is 11.7. The molecule has 0 saturated heterocycles. The number of aryl methyl sites for hydroxylation is 2. The summed E-state index contributed by atoms with van der Waals surface area (Å²) in [5.41, 5.74) is 9.73. The van der Waals surface area contributed by atoms with Crippen molar-refractivity contribution in [2.24, 2.45) is 5.73 Å². The van der Waals surface area contributed by atoms with Crippen LogP contribution in [0, 0.1) is 0 Å². The van der Waals surface area contributed by atoms with E-state index < -0.39 is 13.0 Å². The number of rotatable bonds is 8. The molecular weight excluding hydrogens is 248 g/mol. The van der Waals surface area contributed by atoms with E-state index in [2.05, 4.69) is 32.0 Å². The lowest BCUT2D eigenvalue weighted by Gasteiger charge is -2.17. The molecule has 4 heteroatoms. The van der Waals surface area contributed by atoms with E-state index in [0.717, 1.165) is 18.4 Å². The van der Waals surface area contributed by atoms with Gasteiger partial charge < -0.3 is 10.5 Å². The van der Waals surface area contributed by atoms with Crippen LogP contribution in [0.1, 0.15) is 43.0 Å². The second-order valence-corrected chi connectivity index (χ2v) is 4.60. The molecule has 1 unspecified atom stereocenters. The maximum Gasteiger partial charge on any atom is 0.261 e. The van der Waals surface area contributed by atoms with Crippen molar-refractivity contribution < 1.29 is 13.5 Å². The molecule has 0 aliphatic rings. The monoisotopic (exact) mass is 271 g/mol. The van der Waals surface area contributed by atoms with Crippen LogP contribution in [-0.2, 0) is 17.6 Å². The number of hydrogen-bond donors (Lipinski definition) is 1. The van der Waals surface area contributed by atoms with E-state index in [-0.39, 0.29) is 12.6 Å². The SMILES string of the molecule is CCc1ccc(CC)c(C(N)CCOCC(F)F)c1. The molecule has 2 N–H and O–H groups in total. The van der Waals surface area contributed by atoms with Crippen LogP contribution < -0.4 is 5.73 Å². The van der Waals surface area contributed by atoms with Crippen molar-refractivity contribution in [3.8, 4) is 0 Å². The van der Waals surface area contributed by atoms with E-state index in [1.165, 1.54) is 11.1 Å². The fraction of sp³-hybridized carbons (Fsp3) is 0.600. The molecule has 0 spiro atoms. The summed E-state index contributed by atoms with van der Waals surface area (Å²) in [6.45, 7) is 3.94. The van der Waals surface area contributed by atoms with Crippen molar-refractivity contribution in [3.05, 3.63) is 34.9 Å². The summed E-state index contributed by atoms with van der Waals surface area (Å²) < 4.78 is 28.8. The summed E-state index contributed by atoms with van der Waals surface area (Å²) in [4.78, 5) is 0. The number of benzene rings is 1. The normalized spacial score (nSPS) is 12.9. The molecule has 19 heavy (non-hydrogen) atoms. The first-order chi connectivity index (χ1) is 9.08. The highest BCUT2D eigenvalue weighted by Crippen LogP contribution is 2.22. The predicted octanol–water partition coefficient (Wildman–Crippen LogP) is 3.48. The first kappa shape index (κ1) is 16.1. The fourth-order valence-corrected chi connectivity index (χ4v) is 2.07. The van der Waals surface area contributed by atoms with Gasteiger partial charge in [-0.2, -0.15) is 0 Å². The van der Waals surface area contributed by atoms with Crippen LogP contribution in [-0.4, -0.2) is 19.6 Å². The Morgan fingerprint density at radius 1 is 1.21 bits per heavy atom. The summed E-state index contributed by atoms with van der Waals surface area (Å²) in [5.74, 6) is 0. The lowest BCUT2D eigenvalue weighted by Crippen LogP contribution is -2.16. The maximum absolute atomic E-state index is 11.9. The van der Waals surface area contributed by atoms with Gasteiger partial charge in [0, 0.05) is 12.6 Å². The van der Waals surface area contributed by atoms with Gasteiger partial charge in [0.15, 0.2) is 0 Å². The summed E-state index contributed by atoms with van der Waals surface area (Å²) >= 11 is 0. The Balaban J connectivity index is 2.61. The van der Waals surface area contributed by atoms with Crippen molar-refractivity contribution in [1.82, 2.24) is 0 Å². The summed E-state index contributed by atoms with van der Waals surface area (Å²) in [6.07, 6.45) is 0.0366. The third kappa shape index (κ3) is 5.25. The predicted molar refractivity (Wildman–Crippen MR) is 73.6 cm³/mol. The lowest BCUT2D eigenvalue weighted by molar-refractivity contribution is 0.0152. The highest BCUT2D eigenvalue weighted by molar-refractivity contribution is 5.34. The van der Waals surface area contributed by atoms with E-state index in [4.69, 9.17) is 10.5 Å². The molecule has 2 nitrogen and oxygen atoms in total. The minimum Gasteiger partial charge on any atom is -0.375 e. The Hall–Kier alpha value is -1.00. The number of hydrogen-bond acceptors (Lipinski definition) is 2. The molecule has 0 radical (unpaired) electrons. The molecule has 0 amide bonds. The second kappa shape index (κ2) is 8.23. The van der Waals surface area contributed by atoms with Gasteiger partial charge in [-0.3, -0.25) is 0 Å². The van der Waals surface area contributed by atoms with Gasteiger partial charge in [0.25, 0.3) is 6.43 Å². The highest BCUT2D eigenvalue weighted by Gasteiger charge is 2.11. The van der Waals surface area contributed by atoms with Gasteiger partial charge in [0.05, 0.1) is 0 Å². The third-order valence-corrected chi connectivity index (χ3v) is 3.22. The maximum atomic E-state index is 11.9. The van der Waals surface area contributed by atoms with Crippen LogP contribution in [0.25, 0.3) is 0 Å². The van der Waals surface area contributed by atoms with E-state index in [1.807, 2.05) is 0 Å². The van der Waals surface area contributed by atoms with E-state index >= 15 is 0 Å². The Morgan fingerprint density at radius 2 is 1.95 bits per heavy atom. The van der Waals surface area contributed by atoms with Crippen molar-refractivity contribution in [2.75, 3.05) is 13.2 Å². The molecule has 0 saturated carbocycles.